The fourth-order valence-corrected chi connectivity index (χ4v) is 3.95. The van der Waals surface area contributed by atoms with E-state index in [1.54, 1.807) is 11.3 Å². The van der Waals surface area contributed by atoms with Crippen molar-refractivity contribution in [1.82, 2.24) is 4.57 Å². The summed E-state index contributed by atoms with van der Waals surface area (Å²) in [6.45, 7) is 6.50. The van der Waals surface area contributed by atoms with Gasteiger partial charge in [0.1, 0.15) is 0 Å². The fraction of sp³-hybridized carbons (Fsp3) is 0.471. The number of rotatable bonds is 2. The summed E-state index contributed by atoms with van der Waals surface area (Å²) in [6, 6.07) is 7.13. The van der Waals surface area contributed by atoms with Crippen molar-refractivity contribution in [3.05, 3.63) is 45.2 Å². The van der Waals surface area contributed by atoms with Crippen LogP contribution in [0, 0.1) is 20.8 Å². The molecule has 0 unspecified atom stereocenters. The Morgan fingerprint density at radius 3 is 2.55 bits per heavy atom. The summed E-state index contributed by atoms with van der Waals surface area (Å²) in [5, 5.41) is 2.23. The molecule has 0 spiro atoms. The van der Waals surface area contributed by atoms with Crippen molar-refractivity contribution in [2.75, 3.05) is 0 Å². The van der Waals surface area contributed by atoms with Gasteiger partial charge in [0.2, 0.25) is 0 Å². The van der Waals surface area contributed by atoms with E-state index >= 15 is 0 Å². The highest BCUT2D eigenvalue weighted by Gasteiger charge is 2.19. The maximum Gasteiger partial charge on any atom is 0.190 e. The van der Waals surface area contributed by atoms with E-state index in [0.29, 0.717) is 6.04 Å². The second kappa shape index (κ2) is 5.57. The van der Waals surface area contributed by atoms with Gasteiger partial charge in [-0.1, -0.05) is 18.9 Å². The average Bonchev–Trinajstić information content (AvgIpc) is 3.04. The summed E-state index contributed by atoms with van der Waals surface area (Å²) in [6.07, 6.45) is 5.32. The van der Waals surface area contributed by atoms with Gasteiger partial charge in [0.05, 0.1) is 5.69 Å². The van der Waals surface area contributed by atoms with E-state index in [1.807, 2.05) is 0 Å². The molecule has 3 rings (SSSR count). The van der Waals surface area contributed by atoms with Gasteiger partial charge in [-0.05, 0) is 56.9 Å². The van der Waals surface area contributed by atoms with Gasteiger partial charge in [0, 0.05) is 17.1 Å². The normalized spacial score (nSPS) is 17.1. The molecule has 0 amide bonds. The number of thiazole rings is 1. The van der Waals surface area contributed by atoms with Crippen molar-refractivity contribution in [1.29, 1.82) is 0 Å². The highest BCUT2D eigenvalue weighted by Crippen LogP contribution is 2.30. The molecule has 1 aliphatic rings. The molecule has 0 bridgehead atoms. The molecule has 0 N–H and O–H groups in total. The first-order valence-electron chi connectivity index (χ1n) is 7.44. The van der Waals surface area contributed by atoms with Crippen LogP contribution in [0.4, 0.5) is 5.69 Å². The first-order valence-corrected chi connectivity index (χ1v) is 8.32. The number of hydrogen-bond acceptors (Lipinski definition) is 2. The lowest BCUT2D eigenvalue weighted by Gasteiger charge is -2.13. The van der Waals surface area contributed by atoms with Crippen LogP contribution < -0.4 is 4.80 Å². The van der Waals surface area contributed by atoms with Crippen LogP contribution in [0.1, 0.15) is 48.5 Å². The summed E-state index contributed by atoms with van der Waals surface area (Å²) in [7, 11) is 0. The van der Waals surface area contributed by atoms with E-state index in [4.69, 9.17) is 4.99 Å². The first-order chi connectivity index (χ1) is 9.65. The van der Waals surface area contributed by atoms with Crippen molar-refractivity contribution < 1.29 is 0 Å². The van der Waals surface area contributed by atoms with Gasteiger partial charge >= 0.3 is 0 Å². The van der Waals surface area contributed by atoms with Crippen molar-refractivity contribution in [2.45, 2.75) is 52.5 Å². The van der Waals surface area contributed by atoms with Crippen LogP contribution in [0.3, 0.4) is 0 Å². The van der Waals surface area contributed by atoms with E-state index in [-0.39, 0.29) is 0 Å². The smallest absolute Gasteiger partial charge is 0.190 e. The first kappa shape index (κ1) is 13.6. The van der Waals surface area contributed by atoms with Crippen LogP contribution in [0.25, 0.3) is 0 Å². The highest BCUT2D eigenvalue weighted by molar-refractivity contribution is 7.07. The molecule has 1 aromatic carbocycles. The largest absolute Gasteiger partial charge is 0.318 e. The Hall–Kier alpha value is -1.35. The van der Waals surface area contributed by atoms with Gasteiger partial charge in [0.15, 0.2) is 4.80 Å². The molecule has 1 fully saturated rings. The van der Waals surface area contributed by atoms with Crippen LogP contribution in [0.2, 0.25) is 0 Å². The molecule has 2 aromatic rings. The van der Waals surface area contributed by atoms with Crippen molar-refractivity contribution in [3.8, 4) is 0 Å². The maximum absolute atomic E-state index is 4.89. The molecule has 2 nitrogen and oxygen atoms in total. The minimum Gasteiger partial charge on any atom is -0.318 e. The number of aryl methyl sites for hydroxylation is 3. The third kappa shape index (κ3) is 2.59. The van der Waals surface area contributed by atoms with Crippen LogP contribution >= 0.6 is 11.3 Å². The van der Waals surface area contributed by atoms with E-state index in [9.17, 15) is 0 Å². The Morgan fingerprint density at radius 1 is 1.10 bits per heavy atom. The number of benzene rings is 1. The van der Waals surface area contributed by atoms with Gasteiger partial charge in [-0.3, -0.25) is 0 Å². The number of hydrogen-bond donors (Lipinski definition) is 0. The zero-order chi connectivity index (χ0) is 14.1. The molecule has 0 radical (unpaired) electrons. The molecule has 0 saturated heterocycles. The highest BCUT2D eigenvalue weighted by atomic mass is 32.1. The van der Waals surface area contributed by atoms with Gasteiger partial charge < -0.3 is 4.57 Å². The second-order valence-electron chi connectivity index (χ2n) is 5.85. The van der Waals surface area contributed by atoms with E-state index in [2.05, 4.69) is 48.9 Å². The Bertz CT molecular complexity index is 673. The topological polar surface area (TPSA) is 17.3 Å². The van der Waals surface area contributed by atoms with E-state index in [0.717, 1.165) is 10.5 Å². The monoisotopic (exact) mass is 286 g/mol. The SMILES string of the molecule is Cc1ccc(N=c2scc(C)n2C2CCCC2)cc1C. The van der Waals surface area contributed by atoms with Crippen molar-refractivity contribution in [2.24, 2.45) is 4.99 Å². The predicted molar refractivity (Wildman–Crippen MR) is 85.7 cm³/mol. The van der Waals surface area contributed by atoms with Crippen molar-refractivity contribution in [3.63, 3.8) is 0 Å². The molecule has 106 valence electrons. The molecule has 0 atom stereocenters. The predicted octanol–water partition coefficient (Wildman–Crippen LogP) is 4.82. The van der Waals surface area contributed by atoms with Crippen LogP contribution in [0.15, 0.2) is 28.6 Å². The third-order valence-corrected chi connectivity index (χ3v) is 5.28. The molecule has 20 heavy (non-hydrogen) atoms. The van der Waals surface area contributed by atoms with E-state index < -0.39 is 0 Å². The zero-order valence-corrected chi connectivity index (χ0v) is 13.3. The van der Waals surface area contributed by atoms with E-state index in [1.165, 1.54) is 42.5 Å². The molecule has 1 aliphatic carbocycles. The Kier molecular flexibility index (Phi) is 3.79. The van der Waals surface area contributed by atoms with Gasteiger partial charge in [-0.25, -0.2) is 4.99 Å². The minimum atomic E-state index is 0.659. The average molecular weight is 286 g/mol. The van der Waals surface area contributed by atoms with Crippen molar-refractivity contribution >= 4 is 17.0 Å². The van der Waals surface area contributed by atoms with Gasteiger partial charge in [-0.2, -0.15) is 0 Å². The zero-order valence-electron chi connectivity index (χ0n) is 12.5. The van der Waals surface area contributed by atoms with Crippen LogP contribution in [-0.2, 0) is 0 Å². The summed E-state index contributed by atoms with van der Waals surface area (Å²) < 4.78 is 2.45. The lowest BCUT2D eigenvalue weighted by Crippen LogP contribution is -2.20. The third-order valence-electron chi connectivity index (χ3n) is 4.33. The van der Waals surface area contributed by atoms with Gasteiger partial charge in [-0.15, -0.1) is 11.3 Å². The molecule has 3 heteroatoms. The summed E-state index contributed by atoms with van der Waals surface area (Å²) in [5.74, 6) is 0. The summed E-state index contributed by atoms with van der Waals surface area (Å²) in [4.78, 5) is 6.04. The standard InChI is InChI=1S/C17H22N2S/c1-12-8-9-15(10-13(12)2)18-17-19(14(3)11-20-17)16-6-4-5-7-16/h8-11,16H,4-7H2,1-3H3. The molecule has 1 saturated carbocycles. The molecule has 0 aliphatic heterocycles. The Morgan fingerprint density at radius 2 is 1.85 bits per heavy atom. The Balaban J connectivity index is 2.05. The number of nitrogens with zero attached hydrogens (tertiary/aromatic N) is 2. The molecular weight excluding hydrogens is 264 g/mol. The molecule has 1 aromatic heterocycles. The fourth-order valence-electron chi connectivity index (χ4n) is 2.99. The Labute approximate surface area is 124 Å². The number of aromatic nitrogens is 1. The van der Waals surface area contributed by atoms with Crippen LogP contribution in [0.5, 0.6) is 0 Å². The lowest BCUT2D eigenvalue weighted by molar-refractivity contribution is 0.496. The summed E-state index contributed by atoms with van der Waals surface area (Å²) >= 11 is 1.76. The molecule has 1 heterocycles. The lowest BCUT2D eigenvalue weighted by atomic mass is 10.1. The molecular formula is C17H22N2S. The van der Waals surface area contributed by atoms with Crippen LogP contribution in [-0.4, -0.2) is 4.57 Å². The minimum absolute atomic E-state index is 0.659. The quantitative estimate of drug-likeness (QED) is 0.753. The second-order valence-corrected chi connectivity index (χ2v) is 6.68. The summed E-state index contributed by atoms with van der Waals surface area (Å²) in [5.41, 5.74) is 5.06. The maximum atomic E-state index is 4.89. The van der Waals surface area contributed by atoms with Gasteiger partial charge in [0.25, 0.3) is 0 Å².